The second-order valence-corrected chi connectivity index (χ2v) is 5.42. The normalized spacial score (nSPS) is 20.0. The third-order valence-electron chi connectivity index (χ3n) is 3.92. The van der Waals surface area contributed by atoms with Crippen LogP contribution in [0.25, 0.3) is 0 Å². The lowest BCUT2D eigenvalue weighted by molar-refractivity contribution is 0.0839. The maximum Gasteiger partial charge on any atom is 0.128 e. The first-order valence-electron chi connectivity index (χ1n) is 6.47. The summed E-state index contributed by atoms with van der Waals surface area (Å²) in [6.07, 6.45) is 3.63. The molecule has 0 aliphatic heterocycles. The van der Waals surface area contributed by atoms with E-state index in [-0.39, 0.29) is 18.3 Å². The molecule has 18 heavy (non-hydrogen) atoms. The van der Waals surface area contributed by atoms with Crippen molar-refractivity contribution in [3.63, 3.8) is 0 Å². The number of hydrogen-bond donors (Lipinski definition) is 2. The third-order valence-corrected chi connectivity index (χ3v) is 4.25. The van der Waals surface area contributed by atoms with Gasteiger partial charge >= 0.3 is 0 Å². The summed E-state index contributed by atoms with van der Waals surface area (Å²) >= 11 is 6.05. The van der Waals surface area contributed by atoms with Gasteiger partial charge in [0.15, 0.2) is 0 Å². The van der Waals surface area contributed by atoms with Crippen molar-refractivity contribution in [1.82, 2.24) is 0 Å². The largest absolute Gasteiger partial charge is 0.392 e. The predicted molar refractivity (Wildman–Crippen MR) is 71.2 cm³/mol. The lowest BCUT2D eigenvalue weighted by Gasteiger charge is -2.27. The topological polar surface area (TPSA) is 46.2 Å². The van der Waals surface area contributed by atoms with Crippen molar-refractivity contribution in [2.24, 2.45) is 11.7 Å². The van der Waals surface area contributed by atoms with Crippen molar-refractivity contribution in [2.75, 3.05) is 6.54 Å². The Morgan fingerprint density at radius 2 is 2.06 bits per heavy atom. The highest BCUT2D eigenvalue weighted by atomic mass is 35.5. The zero-order valence-electron chi connectivity index (χ0n) is 10.3. The zero-order valence-corrected chi connectivity index (χ0v) is 11.0. The molecule has 4 heteroatoms. The van der Waals surface area contributed by atoms with Crippen LogP contribution in [0.4, 0.5) is 4.39 Å². The molecule has 3 N–H and O–H groups in total. The number of benzene rings is 1. The molecule has 1 aliphatic carbocycles. The van der Waals surface area contributed by atoms with Gasteiger partial charge in [-0.1, -0.05) is 30.5 Å². The van der Waals surface area contributed by atoms with E-state index in [0.29, 0.717) is 10.6 Å². The van der Waals surface area contributed by atoms with E-state index in [1.807, 2.05) is 0 Å². The monoisotopic (exact) mass is 271 g/mol. The fraction of sp³-hybridized carbons (Fsp3) is 0.571. The number of aliphatic hydroxyl groups excluding tert-OH is 1. The van der Waals surface area contributed by atoms with E-state index >= 15 is 0 Å². The quantitative estimate of drug-likeness (QED) is 0.884. The van der Waals surface area contributed by atoms with Crippen molar-refractivity contribution >= 4 is 11.6 Å². The lowest BCUT2D eigenvalue weighted by Crippen LogP contribution is -2.32. The number of aliphatic hydroxyl groups is 1. The molecule has 0 heterocycles. The Morgan fingerprint density at radius 1 is 1.39 bits per heavy atom. The zero-order chi connectivity index (χ0) is 13.1. The molecule has 100 valence electrons. The predicted octanol–water partition coefficient (Wildman–Crippen LogP) is 3.07. The van der Waals surface area contributed by atoms with E-state index in [4.69, 9.17) is 17.3 Å². The molecule has 2 rings (SSSR count). The summed E-state index contributed by atoms with van der Waals surface area (Å²) in [7, 11) is 0. The Labute approximate surface area is 112 Å². The van der Waals surface area contributed by atoms with Gasteiger partial charge in [-0.05, 0) is 30.9 Å². The molecule has 1 aliphatic rings. The van der Waals surface area contributed by atoms with Crippen LogP contribution in [0.5, 0.6) is 0 Å². The van der Waals surface area contributed by atoms with E-state index in [1.165, 1.54) is 6.07 Å². The van der Waals surface area contributed by atoms with Crippen LogP contribution >= 0.6 is 11.6 Å². The molecule has 0 radical (unpaired) electrons. The summed E-state index contributed by atoms with van der Waals surface area (Å²) in [5, 5.41) is 10.8. The standard InChI is InChI=1S/C14H19ClFNO/c15-11-6-3-7-12(16)13(11)10(8-17)14(18)9-4-1-2-5-9/h3,6-7,9-10,14,18H,1-2,4-5,8,17H2. The van der Waals surface area contributed by atoms with Crippen LogP contribution in [0.3, 0.4) is 0 Å². The van der Waals surface area contributed by atoms with E-state index in [2.05, 4.69) is 0 Å². The minimum atomic E-state index is -0.605. The lowest BCUT2D eigenvalue weighted by atomic mass is 9.84. The SMILES string of the molecule is NCC(c1c(F)cccc1Cl)C(O)C1CCCC1. The molecular formula is C14H19ClFNO. The molecule has 1 saturated carbocycles. The first kappa shape index (κ1) is 13.8. The molecule has 2 nitrogen and oxygen atoms in total. The molecule has 1 aromatic rings. The van der Waals surface area contributed by atoms with Crippen LogP contribution in [0, 0.1) is 11.7 Å². The number of hydrogen-bond acceptors (Lipinski definition) is 2. The molecule has 2 unspecified atom stereocenters. The summed E-state index contributed by atoms with van der Waals surface area (Å²) in [6.45, 7) is 0.207. The van der Waals surface area contributed by atoms with Crippen LogP contribution in [0.2, 0.25) is 5.02 Å². The minimum absolute atomic E-state index is 0.207. The Hall–Kier alpha value is -0.640. The average Bonchev–Trinajstić information content (AvgIpc) is 2.87. The van der Waals surface area contributed by atoms with E-state index < -0.39 is 12.0 Å². The average molecular weight is 272 g/mol. The number of rotatable bonds is 4. The summed E-state index contributed by atoms with van der Waals surface area (Å²) in [5.41, 5.74) is 6.09. The van der Waals surface area contributed by atoms with Gasteiger partial charge in [-0.3, -0.25) is 0 Å². The molecular weight excluding hydrogens is 253 g/mol. The Morgan fingerprint density at radius 3 is 2.61 bits per heavy atom. The summed E-state index contributed by atoms with van der Waals surface area (Å²) in [4.78, 5) is 0. The van der Waals surface area contributed by atoms with Gasteiger partial charge in [0.1, 0.15) is 5.82 Å². The van der Waals surface area contributed by atoms with Crippen molar-refractivity contribution < 1.29 is 9.50 Å². The summed E-state index contributed by atoms with van der Waals surface area (Å²) in [5.74, 6) is -0.578. The molecule has 0 saturated heterocycles. The van der Waals surface area contributed by atoms with Gasteiger partial charge in [0.25, 0.3) is 0 Å². The first-order valence-corrected chi connectivity index (χ1v) is 6.85. The van der Waals surface area contributed by atoms with Crippen molar-refractivity contribution in [2.45, 2.75) is 37.7 Å². The van der Waals surface area contributed by atoms with Crippen LogP contribution in [-0.4, -0.2) is 17.8 Å². The van der Waals surface area contributed by atoms with Crippen molar-refractivity contribution in [1.29, 1.82) is 0 Å². The summed E-state index contributed by atoms with van der Waals surface area (Å²) in [6, 6.07) is 4.58. The maximum absolute atomic E-state index is 13.9. The van der Waals surface area contributed by atoms with E-state index in [1.54, 1.807) is 12.1 Å². The highest BCUT2D eigenvalue weighted by molar-refractivity contribution is 6.31. The van der Waals surface area contributed by atoms with Gasteiger partial charge in [-0.25, -0.2) is 4.39 Å². The molecule has 1 fully saturated rings. The van der Waals surface area contributed by atoms with E-state index in [9.17, 15) is 9.50 Å². The highest BCUT2D eigenvalue weighted by Crippen LogP contribution is 2.37. The molecule has 0 amide bonds. The summed E-state index contributed by atoms with van der Waals surface area (Å²) < 4.78 is 13.9. The second-order valence-electron chi connectivity index (χ2n) is 5.01. The number of nitrogens with two attached hydrogens (primary N) is 1. The van der Waals surface area contributed by atoms with Crippen LogP contribution in [0.1, 0.15) is 37.2 Å². The minimum Gasteiger partial charge on any atom is -0.392 e. The number of halogens is 2. The van der Waals surface area contributed by atoms with Crippen LogP contribution in [-0.2, 0) is 0 Å². The van der Waals surface area contributed by atoms with Gasteiger partial charge in [0.05, 0.1) is 6.10 Å². The molecule has 0 aromatic heterocycles. The Bertz CT molecular complexity index is 387. The van der Waals surface area contributed by atoms with Crippen molar-refractivity contribution in [3.05, 3.63) is 34.6 Å². The molecule has 0 spiro atoms. The Kier molecular flexibility index (Phi) is 4.60. The third kappa shape index (κ3) is 2.68. The fourth-order valence-corrected chi connectivity index (χ4v) is 3.22. The van der Waals surface area contributed by atoms with Gasteiger partial charge in [-0.15, -0.1) is 0 Å². The van der Waals surface area contributed by atoms with Gasteiger partial charge in [0.2, 0.25) is 0 Å². The fourth-order valence-electron chi connectivity index (χ4n) is 2.92. The van der Waals surface area contributed by atoms with Crippen molar-refractivity contribution in [3.8, 4) is 0 Å². The second kappa shape index (κ2) is 6.00. The van der Waals surface area contributed by atoms with Crippen LogP contribution < -0.4 is 5.73 Å². The molecule has 0 bridgehead atoms. The Balaban J connectivity index is 2.27. The van der Waals surface area contributed by atoms with Gasteiger partial charge in [0, 0.05) is 23.0 Å². The van der Waals surface area contributed by atoms with Gasteiger partial charge in [-0.2, -0.15) is 0 Å². The smallest absolute Gasteiger partial charge is 0.128 e. The maximum atomic E-state index is 13.9. The van der Waals surface area contributed by atoms with Gasteiger partial charge < -0.3 is 10.8 Å². The van der Waals surface area contributed by atoms with Crippen LogP contribution in [0.15, 0.2) is 18.2 Å². The first-order chi connectivity index (χ1) is 8.65. The molecule has 2 atom stereocenters. The highest BCUT2D eigenvalue weighted by Gasteiger charge is 2.32. The molecule has 1 aromatic carbocycles. The van der Waals surface area contributed by atoms with E-state index in [0.717, 1.165) is 25.7 Å².